The third-order valence-electron chi connectivity index (χ3n) is 4.32. The Balaban J connectivity index is 1.73. The molecule has 132 valence electrons. The lowest BCUT2D eigenvalue weighted by atomic mass is 10.1. The van der Waals surface area contributed by atoms with Gasteiger partial charge in [0.1, 0.15) is 5.82 Å². The summed E-state index contributed by atoms with van der Waals surface area (Å²) in [6.07, 6.45) is -0.542. The molecule has 1 aliphatic rings. The predicted octanol–water partition coefficient (Wildman–Crippen LogP) is 1.42. The van der Waals surface area contributed by atoms with E-state index in [1.807, 2.05) is 47.4 Å². The molecule has 0 saturated heterocycles. The fourth-order valence-corrected chi connectivity index (χ4v) is 3.13. The lowest BCUT2D eigenvalue weighted by molar-refractivity contribution is -0.310. The fraction of sp³-hybridized carbons (Fsp3) is 0.211. The number of hydrogen-bond donors (Lipinski definition) is 0. The number of benzene rings is 1. The van der Waals surface area contributed by atoms with Crippen LogP contribution in [0.25, 0.3) is 11.0 Å². The SMILES string of the molecule is COc1ccc2ccc(N3Cc4ccccc4C3OCC(=O)[O-])nc2n1. The van der Waals surface area contributed by atoms with Crippen LogP contribution in [0.3, 0.4) is 0 Å². The molecule has 7 heteroatoms. The van der Waals surface area contributed by atoms with Crippen LogP contribution in [0.2, 0.25) is 0 Å². The molecule has 1 atom stereocenters. The van der Waals surface area contributed by atoms with Gasteiger partial charge in [0.2, 0.25) is 5.88 Å². The van der Waals surface area contributed by atoms with Gasteiger partial charge in [-0.3, -0.25) is 0 Å². The smallest absolute Gasteiger partial charge is 0.215 e. The highest BCUT2D eigenvalue weighted by molar-refractivity contribution is 5.77. The van der Waals surface area contributed by atoms with Gasteiger partial charge in [-0.25, -0.2) is 4.98 Å². The zero-order valence-corrected chi connectivity index (χ0v) is 14.1. The first kappa shape index (κ1) is 16.3. The van der Waals surface area contributed by atoms with Gasteiger partial charge in [0, 0.05) is 23.6 Å². The normalized spacial score (nSPS) is 15.9. The van der Waals surface area contributed by atoms with Gasteiger partial charge in [0.15, 0.2) is 11.9 Å². The minimum atomic E-state index is -1.26. The maximum absolute atomic E-state index is 10.9. The average Bonchev–Trinajstić information content (AvgIpc) is 3.04. The number of pyridine rings is 2. The first-order valence-electron chi connectivity index (χ1n) is 8.13. The van der Waals surface area contributed by atoms with Gasteiger partial charge >= 0.3 is 0 Å². The van der Waals surface area contributed by atoms with Crippen LogP contribution in [0.1, 0.15) is 17.4 Å². The molecule has 3 aromatic rings. The van der Waals surface area contributed by atoms with E-state index in [0.717, 1.165) is 16.5 Å². The first-order chi connectivity index (χ1) is 12.7. The summed E-state index contributed by atoms with van der Waals surface area (Å²) in [7, 11) is 1.55. The largest absolute Gasteiger partial charge is 0.548 e. The maximum Gasteiger partial charge on any atom is 0.215 e. The number of rotatable bonds is 5. The number of carbonyl (C=O) groups excluding carboxylic acids is 1. The predicted molar refractivity (Wildman–Crippen MR) is 92.4 cm³/mol. The molecular weight excluding hydrogens is 334 g/mol. The van der Waals surface area contributed by atoms with Crippen LogP contribution in [0.5, 0.6) is 5.88 Å². The van der Waals surface area contributed by atoms with Crippen LogP contribution < -0.4 is 14.7 Å². The molecule has 0 N–H and O–H groups in total. The highest BCUT2D eigenvalue weighted by Gasteiger charge is 2.31. The minimum absolute atomic E-state index is 0.483. The molecule has 2 aromatic heterocycles. The molecule has 0 fully saturated rings. The Morgan fingerprint density at radius 1 is 1.19 bits per heavy atom. The lowest BCUT2D eigenvalue weighted by Gasteiger charge is -2.26. The number of nitrogens with zero attached hydrogens (tertiary/aromatic N) is 3. The number of ether oxygens (including phenoxy) is 2. The van der Waals surface area contributed by atoms with Gasteiger partial charge in [-0.05, 0) is 23.8 Å². The Morgan fingerprint density at radius 3 is 2.81 bits per heavy atom. The molecule has 3 heterocycles. The Labute approximate surface area is 149 Å². The summed E-state index contributed by atoms with van der Waals surface area (Å²) < 4.78 is 10.8. The Kier molecular flexibility index (Phi) is 4.14. The molecule has 4 rings (SSSR count). The lowest BCUT2D eigenvalue weighted by Crippen LogP contribution is -2.32. The molecule has 0 bridgehead atoms. The molecule has 0 radical (unpaired) electrons. The highest BCUT2D eigenvalue weighted by atomic mass is 16.5. The van der Waals surface area contributed by atoms with Crippen LogP contribution in [0.4, 0.5) is 5.82 Å². The molecule has 1 unspecified atom stereocenters. The third-order valence-corrected chi connectivity index (χ3v) is 4.32. The van der Waals surface area contributed by atoms with Crippen molar-refractivity contribution < 1.29 is 19.4 Å². The van der Waals surface area contributed by atoms with Gasteiger partial charge in [0.05, 0.1) is 19.7 Å². The van der Waals surface area contributed by atoms with Crippen molar-refractivity contribution in [2.45, 2.75) is 12.8 Å². The van der Waals surface area contributed by atoms with Crippen molar-refractivity contribution in [3.63, 3.8) is 0 Å². The summed E-state index contributed by atoms with van der Waals surface area (Å²) in [6.45, 7) is 0.0749. The highest BCUT2D eigenvalue weighted by Crippen LogP contribution is 2.37. The number of aromatic nitrogens is 2. The minimum Gasteiger partial charge on any atom is -0.548 e. The van der Waals surface area contributed by atoms with E-state index in [1.165, 1.54) is 0 Å². The van der Waals surface area contributed by atoms with Crippen LogP contribution in [0, 0.1) is 0 Å². The number of hydrogen-bond acceptors (Lipinski definition) is 7. The monoisotopic (exact) mass is 350 g/mol. The van der Waals surface area contributed by atoms with Gasteiger partial charge in [-0.15, -0.1) is 0 Å². The fourth-order valence-electron chi connectivity index (χ4n) is 3.13. The molecule has 0 aliphatic carbocycles. The number of carbonyl (C=O) groups is 1. The first-order valence-corrected chi connectivity index (χ1v) is 8.13. The van der Waals surface area contributed by atoms with Gasteiger partial charge in [0.25, 0.3) is 0 Å². The van der Waals surface area contributed by atoms with Crippen molar-refractivity contribution in [2.75, 3.05) is 18.6 Å². The van der Waals surface area contributed by atoms with Gasteiger partial charge in [-0.2, -0.15) is 4.98 Å². The van der Waals surface area contributed by atoms with E-state index in [0.29, 0.717) is 23.9 Å². The number of anilines is 1. The van der Waals surface area contributed by atoms with E-state index >= 15 is 0 Å². The summed E-state index contributed by atoms with van der Waals surface area (Å²) in [5.74, 6) is -0.124. The zero-order chi connectivity index (χ0) is 18.1. The molecule has 1 aliphatic heterocycles. The quantitative estimate of drug-likeness (QED) is 0.688. The summed E-state index contributed by atoms with van der Waals surface area (Å²) in [5.41, 5.74) is 2.54. The van der Waals surface area contributed by atoms with E-state index in [4.69, 9.17) is 9.47 Å². The van der Waals surface area contributed by atoms with Crippen LogP contribution in [-0.2, 0) is 16.1 Å². The van der Waals surface area contributed by atoms with E-state index < -0.39 is 18.8 Å². The van der Waals surface area contributed by atoms with Crippen molar-refractivity contribution in [3.05, 3.63) is 59.7 Å². The second-order valence-corrected chi connectivity index (χ2v) is 5.93. The van der Waals surface area contributed by atoms with Crippen LogP contribution in [-0.4, -0.2) is 29.7 Å². The van der Waals surface area contributed by atoms with Crippen molar-refractivity contribution in [1.29, 1.82) is 0 Å². The average molecular weight is 350 g/mol. The molecule has 26 heavy (non-hydrogen) atoms. The number of methoxy groups -OCH3 is 1. The summed E-state index contributed by atoms with van der Waals surface area (Å²) in [4.78, 5) is 21.8. The van der Waals surface area contributed by atoms with E-state index in [2.05, 4.69) is 9.97 Å². The van der Waals surface area contributed by atoms with Crippen molar-refractivity contribution in [2.24, 2.45) is 0 Å². The number of carboxylic acids is 1. The van der Waals surface area contributed by atoms with E-state index in [1.54, 1.807) is 13.2 Å². The molecular formula is C19H16N3O4-. The van der Waals surface area contributed by atoms with E-state index in [9.17, 15) is 9.90 Å². The number of fused-ring (bicyclic) bond motifs is 2. The molecule has 0 spiro atoms. The second-order valence-electron chi connectivity index (χ2n) is 5.93. The summed E-state index contributed by atoms with van der Waals surface area (Å²) in [6, 6.07) is 15.2. The zero-order valence-electron chi connectivity index (χ0n) is 14.1. The third kappa shape index (κ3) is 2.93. The second kappa shape index (κ2) is 6.61. The standard InChI is InChI=1S/C19H17N3O4/c1-25-16-9-7-12-6-8-15(20-18(12)21-16)22-10-13-4-2-3-5-14(13)19(22)26-11-17(23)24/h2-9,19H,10-11H2,1H3,(H,23,24)/p-1. The maximum atomic E-state index is 10.9. The molecule has 7 nitrogen and oxygen atoms in total. The Hall–Kier alpha value is -3.19. The van der Waals surface area contributed by atoms with Crippen LogP contribution >= 0.6 is 0 Å². The summed E-state index contributed by atoms with van der Waals surface area (Å²) in [5, 5.41) is 11.7. The van der Waals surface area contributed by atoms with Crippen LogP contribution in [0.15, 0.2) is 48.5 Å². The number of aliphatic carboxylic acids is 1. The van der Waals surface area contributed by atoms with E-state index in [-0.39, 0.29) is 0 Å². The van der Waals surface area contributed by atoms with Crippen molar-refractivity contribution in [1.82, 2.24) is 9.97 Å². The van der Waals surface area contributed by atoms with Gasteiger partial charge in [-0.1, -0.05) is 24.3 Å². The number of carboxylic acid groups (broad SMARTS) is 1. The molecule has 1 aromatic carbocycles. The Bertz CT molecular complexity index is 976. The van der Waals surface area contributed by atoms with Crippen molar-refractivity contribution in [3.8, 4) is 5.88 Å². The Morgan fingerprint density at radius 2 is 2.00 bits per heavy atom. The van der Waals surface area contributed by atoms with Gasteiger partial charge < -0.3 is 24.3 Å². The molecule has 0 saturated carbocycles. The topological polar surface area (TPSA) is 87.6 Å². The van der Waals surface area contributed by atoms with Crippen molar-refractivity contribution >= 4 is 22.8 Å². The molecule has 0 amide bonds. The summed E-state index contributed by atoms with van der Waals surface area (Å²) >= 11 is 0.